The molecule has 0 radical (unpaired) electrons. The molecule has 69 heavy (non-hydrogen) atoms. The number of esters is 2. The number of pyridine rings is 1. The molecule has 0 aliphatic heterocycles. The van der Waals surface area contributed by atoms with Crippen LogP contribution in [0, 0.1) is 73.9 Å². The van der Waals surface area contributed by atoms with Gasteiger partial charge in [-0.15, -0.1) is 0 Å². The standard InChI is InChI=1S/C57H83N3O8S/c1-37(2)42-19-28-57(60-33-31-56(63)26-17-41(18-27-56)69(10,64)65)30-29-53(8)44(47(42)57)13-14-46-52(7)22-20-43(51(5,6)45(52)21-23-54(46,53)9)39-15-24-55(25-16-39,50(62)68-36-67-49(61)38(3)4)35-66-48-40(34-58)12-11-32-59-48/h11-12,15,20,32,38,41-42,44-47,60,63H,1,13-14,16-19,21-31,33,35-36H2,2-10H3/t41?,42-,44+,45-,46+,47+,52-,53+,54+,55+,56?,57-/m0/s1. The van der Waals surface area contributed by atoms with E-state index in [1.165, 1.54) is 55.1 Å². The maximum absolute atomic E-state index is 14.0. The molecule has 12 heteroatoms. The molecule has 1 aromatic rings. The number of fused-ring (bicyclic) bond motifs is 7. The van der Waals surface area contributed by atoms with Gasteiger partial charge in [-0.25, -0.2) is 13.4 Å². The number of nitriles is 1. The number of hydrogen-bond acceptors (Lipinski definition) is 11. The van der Waals surface area contributed by atoms with Crippen molar-refractivity contribution in [3.63, 3.8) is 0 Å². The molecule has 7 aliphatic rings. The van der Waals surface area contributed by atoms with Crippen LogP contribution >= 0.6 is 0 Å². The number of nitrogens with zero attached hydrogens (tertiary/aromatic N) is 2. The summed E-state index contributed by atoms with van der Waals surface area (Å²) in [7, 11) is -3.09. The van der Waals surface area contributed by atoms with Crippen LogP contribution in [0.3, 0.4) is 0 Å². The number of hydrogen-bond donors (Lipinski definition) is 2. The lowest BCUT2D eigenvalue weighted by Gasteiger charge is -2.72. The summed E-state index contributed by atoms with van der Waals surface area (Å²) >= 11 is 0. The smallest absolute Gasteiger partial charge is 0.318 e. The van der Waals surface area contributed by atoms with Gasteiger partial charge in [0.15, 0.2) is 0 Å². The molecule has 10 atom stereocenters. The molecule has 8 rings (SSSR count). The second kappa shape index (κ2) is 18.8. The molecule has 1 aromatic heterocycles. The van der Waals surface area contributed by atoms with Gasteiger partial charge in [0.1, 0.15) is 33.5 Å². The predicted octanol–water partition coefficient (Wildman–Crippen LogP) is 10.8. The van der Waals surface area contributed by atoms with Gasteiger partial charge in [-0.3, -0.25) is 9.59 Å². The lowest BCUT2D eigenvalue weighted by Crippen LogP contribution is -2.68. The van der Waals surface area contributed by atoms with Crippen LogP contribution in [0.2, 0.25) is 0 Å². The highest BCUT2D eigenvalue weighted by atomic mass is 32.2. The average Bonchev–Trinajstić information content (AvgIpc) is 3.68. The summed E-state index contributed by atoms with van der Waals surface area (Å²) in [5.74, 6) is 1.53. The Balaban J connectivity index is 1.00. The number of aliphatic hydroxyl groups is 1. The highest BCUT2D eigenvalue weighted by molar-refractivity contribution is 7.91. The molecule has 0 saturated heterocycles. The zero-order valence-corrected chi connectivity index (χ0v) is 44.2. The summed E-state index contributed by atoms with van der Waals surface area (Å²) in [6.45, 7) is 23.5. The number of aromatic nitrogens is 1. The lowest BCUT2D eigenvalue weighted by molar-refractivity contribution is -0.221. The number of rotatable bonds is 14. The highest BCUT2D eigenvalue weighted by Crippen LogP contribution is 2.76. The molecule has 11 nitrogen and oxygen atoms in total. The Hall–Kier alpha value is -3.53. The number of nitrogens with one attached hydrogen (secondary N) is 1. The molecule has 380 valence electrons. The fourth-order valence-corrected chi connectivity index (χ4v) is 17.8. The van der Waals surface area contributed by atoms with Crippen LogP contribution < -0.4 is 10.1 Å². The maximum Gasteiger partial charge on any atom is 0.318 e. The molecular formula is C57H83N3O8S. The topological polar surface area (TPSA) is 165 Å². The van der Waals surface area contributed by atoms with Crippen LogP contribution in [0.25, 0.3) is 0 Å². The zero-order chi connectivity index (χ0) is 50.0. The molecule has 7 aliphatic carbocycles. The first-order chi connectivity index (χ1) is 32.4. The second-order valence-electron chi connectivity index (χ2n) is 25.0. The van der Waals surface area contributed by atoms with Crippen molar-refractivity contribution in [3.8, 4) is 11.9 Å². The molecule has 0 spiro atoms. The van der Waals surface area contributed by atoms with Crippen molar-refractivity contribution in [1.29, 1.82) is 5.26 Å². The van der Waals surface area contributed by atoms with E-state index in [-0.39, 0.29) is 50.9 Å². The molecule has 5 fully saturated rings. The van der Waals surface area contributed by atoms with Gasteiger partial charge in [0.05, 0.1) is 16.8 Å². The van der Waals surface area contributed by atoms with Gasteiger partial charge in [-0.1, -0.05) is 72.8 Å². The first-order valence-corrected chi connectivity index (χ1v) is 28.4. The van der Waals surface area contributed by atoms with Gasteiger partial charge < -0.3 is 24.6 Å². The molecule has 0 bridgehead atoms. The second-order valence-corrected chi connectivity index (χ2v) is 27.3. The van der Waals surface area contributed by atoms with Crippen molar-refractivity contribution in [2.75, 3.05) is 26.2 Å². The van der Waals surface area contributed by atoms with Crippen molar-refractivity contribution in [2.24, 2.45) is 62.6 Å². The number of ether oxygens (including phenoxy) is 3. The average molecular weight is 970 g/mol. The van der Waals surface area contributed by atoms with E-state index < -0.39 is 39.6 Å². The van der Waals surface area contributed by atoms with Crippen molar-refractivity contribution in [2.45, 2.75) is 181 Å². The van der Waals surface area contributed by atoms with E-state index in [2.05, 4.69) is 76.6 Å². The summed E-state index contributed by atoms with van der Waals surface area (Å²) in [5, 5.41) is 25.2. The van der Waals surface area contributed by atoms with E-state index in [9.17, 15) is 28.4 Å². The van der Waals surface area contributed by atoms with Crippen molar-refractivity contribution < 1.29 is 37.3 Å². The van der Waals surface area contributed by atoms with Crippen LogP contribution in [0.1, 0.15) is 170 Å². The van der Waals surface area contributed by atoms with E-state index in [4.69, 9.17) is 14.2 Å². The number of carbonyl (C=O) groups excluding carboxylic acids is 2. The van der Waals surface area contributed by atoms with E-state index in [1.807, 2.05) is 0 Å². The van der Waals surface area contributed by atoms with Crippen LogP contribution in [0.15, 0.2) is 53.8 Å². The van der Waals surface area contributed by atoms with E-state index in [0.29, 0.717) is 86.5 Å². The zero-order valence-electron chi connectivity index (χ0n) is 43.4. The van der Waals surface area contributed by atoms with E-state index in [1.54, 1.807) is 32.2 Å². The minimum Gasteiger partial charge on any atom is -0.475 e. The molecule has 1 heterocycles. The lowest BCUT2D eigenvalue weighted by atomic mass is 9.33. The summed E-state index contributed by atoms with van der Waals surface area (Å²) in [6.07, 6.45) is 22.6. The van der Waals surface area contributed by atoms with Crippen LogP contribution in [0.4, 0.5) is 0 Å². The Kier molecular flexibility index (Phi) is 14.1. The molecule has 0 aromatic carbocycles. The highest BCUT2D eigenvalue weighted by Gasteiger charge is 2.70. The van der Waals surface area contributed by atoms with E-state index in [0.717, 1.165) is 32.2 Å². The Bertz CT molecular complexity index is 2380. The largest absolute Gasteiger partial charge is 0.475 e. The van der Waals surface area contributed by atoms with Gasteiger partial charge in [0, 0.05) is 18.0 Å². The third-order valence-corrected chi connectivity index (χ3v) is 22.5. The van der Waals surface area contributed by atoms with Crippen molar-refractivity contribution in [1.82, 2.24) is 10.3 Å². The SMILES string of the molecule is C=C(C)[C@@H]1CC[C@]2(NCCC3(O)CCC(S(C)(=O)=O)CC3)CC[C@]3(C)[C@H](CC[C@@H]4[C@@]5(C)CC=C(C6=CC[C@@](COc7ncccc7C#N)(C(=O)OCOC(=O)C(C)C)CC6)C(C)(C)[C@@H]5CC[C@]43C)[C@@H]12. The monoisotopic (exact) mass is 970 g/mol. The minimum atomic E-state index is -3.09. The quantitative estimate of drug-likeness (QED) is 0.104. The van der Waals surface area contributed by atoms with Crippen LogP contribution in [-0.4, -0.2) is 73.0 Å². The van der Waals surface area contributed by atoms with Gasteiger partial charge in [-0.2, -0.15) is 5.26 Å². The van der Waals surface area contributed by atoms with Gasteiger partial charge in [0.2, 0.25) is 12.7 Å². The third-order valence-electron chi connectivity index (χ3n) is 20.8. The summed E-state index contributed by atoms with van der Waals surface area (Å²) in [6, 6.07) is 5.46. The van der Waals surface area contributed by atoms with Crippen molar-refractivity contribution >= 4 is 21.8 Å². The molecule has 0 unspecified atom stereocenters. The third kappa shape index (κ3) is 9.08. The number of allylic oxidation sites excluding steroid dienone is 5. The number of sulfone groups is 1. The Morgan fingerprint density at radius 1 is 0.928 bits per heavy atom. The molecule has 5 saturated carbocycles. The van der Waals surface area contributed by atoms with Crippen LogP contribution in [-0.2, 0) is 28.9 Å². The van der Waals surface area contributed by atoms with Crippen LogP contribution in [0.5, 0.6) is 5.88 Å². The van der Waals surface area contributed by atoms with Gasteiger partial charge in [0.25, 0.3) is 0 Å². The summed E-state index contributed by atoms with van der Waals surface area (Å²) in [4.78, 5) is 30.5. The molecule has 0 amide bonds. The Morgan fingerprint density at radius 2 is 1.67 bits per heavy atom. The minimum absolute atomic E-state index is 0.0214. The number of carbonyl (C=O) groups is 2. The fraction of sp³-hybridized carbons (Fsp3) is 0.754. The predicted molar refractivity (Wildman–Crippen MR) is 268 cm³/mol. The van der Waals surface area contributed by atoms with E-state index >= 15 is 0 Å². The Labute approximate surface area is 414 Å². The normalized spacial score (nSPS) is 39.3. The molecular weight excluding hydrogens is 887 g/mol. The molecule has 2 N–H and O–H groups in total. The first-order valence-electron chi connectivity index (χ1n) is 26.4. The summed E-state index contributed by atoms with van der Waals surface area (Å²) in [5.41, 5.74) is 2.84. The fourth-order valence-electron chi connectivity index (χ4n) is 16.7. The van der Waals surface area contributed by atoms with Gasteiger partial charge >= 0.3 is 11.9 Å². The Morgan fingerprint density at radius 3 is 2.32 bits per heavy atom. The van der Waals surface area contributed by atoms with Crippen molar-refractivity contribution in [3.05, 3.63) is 59.3 Å². The maximum atomic E-state index is 14.0. The summed E-state index contributed by atoms with van der Waals surface area (Å²) < 4.78 is 41.6. The van der Waals surface area contributed by atoms with Gasteiger partial charge in [-0.05, 0) is 197 Å². The first kappa shape index (κ1) is 51.8.